The van der Waals surface area contributed by atoms with Crippen molar-refractivity contribution in [3.63, 3.8) is 0 Å². The number of fused-ring (bicyclic) bond motifs is 1. The van der Waals surface area contributed by atoms with Gasteiger partial charge in [-0.3, -0.25) is 19.7 Å². The van der Waals surface area contributed by atoms with Crippen molar-refractivity contribution in [1.29, 1.82) is 0 Å². The molecule has 1 unspecified atom stereocenters. The molecule has 0 aromatic heterocycles. The van der Waals surface area contributed by atoms with E-state index in [4.69, 9.17) is 9.47 Å². The summed E-state index contributed by atoms with van der Waals surface area (Å²) in [6.07, 6.45) is 3.05. The third-order valence-corrected chi connectivity index (χ3v) is 6.01. The Morgan fingerprint density at radius 2 is 1.90 bits per heavy atom. The zero-order chi connectivity index (χ0) is 21.6. The number of rotatable bonds is 9. The van der Waals surface area contributed by atoms with Crippen LogP contribution in [0.5, 0.6) is 0 Å². The Hall–Kier alpha value is -2.49. The smallest absolute Gasteiger partial charge is 0.255 e. The molecule has 3 heterocycles. The number of carbonyl (C=O) groups excluding carboxylic acids is 3. The van der Waals surface area contributed by atoms with E-state index in [0.29, 0.717) is 51.0 Å². The van der Waals surface area contributed by atoms with E-state index in [2.05, 4.69) is 16.0 Å². The molecule has 3 aliphatic heterocycles. The van der Waals surface area contributed by atoms with Gasteiger partial charge in [-0.2, -0.15) is 0 Å². The summed E-state index contributed by atoms with van der Waals surface area (Å²) in [6.45, 7) is 4.68. The van der Waals surface area contributed by atoms with Crippen LogP contribution >= 0.6 is 0 Å². The van der Waals surface area contributed by atoms with Crippen molar-refractivity contribution in [3.05, 3.63) is 29.3 Å². The normalized spacial score (nSPS) is 21.9. The minimum atomic E-state index is -0.603. The first kappa shape index (κ1) is 21.7. The van der Waals surface area contributed by atoms with E-state index in [1.807, 2.05) is 12.1 Å². The van der Waals surface area contributed by atoms with Crippen LogP contribution < -0.4 is 16.0 Å². The van der Waals surface area contributed by atoms with Crippen LogP contribution in [0, 0.1) is 0 Å². The van der Waals surface area contributed by atoms with E-state index < -0.39 is 11.9 Å². The van der Waals surface area contributed by atoms with E-state index in [0.717, 1.165) is 37.2 Å². The third-order valence-electron chi connectivity index (χ3n) is 6.01. The molecule has 0 spiro atoms. The molecular weight excluding hydrogens is 400 g/mol. The number of carbonyl (C=O) groups is 3. The zero-order valence-corrected chi connectivity index (χ0v) is 17.7. The molecule has 4 rings (SSSR count). The van der Waals surface area contributed by atoms with Crippen molar-refractivity contribution in [2.24, 2.45) is 0 Å². The van der Waals surface area contributed by atoms with Gasteiger partial charge in [-0.15, -0.1) is 0 Å². The second-order valence-corrected chi connectivity index (χ2v) is 8.09. The highest BCUT2D eigenvalue weighted by Crippen LogP contribution is 2.32. The molecular formula is C22H30N4O5. The average Bonchev–Trinajstić information content (AvgIpc) is 3.11. The Bertz CT molecular complexity index is 824. The maximum absolute atomic E-state index is 12.8. The van der Waals surface area contributed by atoms with Gasteiger partial charge in [0.1, 0.15) is 6.04 Å². The largest absolute Gasteiger partial charge is 0.382 e. The standard InChI is InChI=1S/C22H30N4O5/c27-20-5-4-19(21(28)25-20)26-14-17-16(22(26)29)2-1-3-18(17)24-10-11-30-12-13-31-15-6-8-23-9-7-15/h1-3,15,19,23-24H,4-14H2,(H,25,27,28). The fraction of sp³-hybridized carbons (Fsp3) is 0.591. The monoisotopic (exact) mass is 430 g/mol. The summed E-state index contributed by atoms with van der Waals surface area (Å²) >= 11 is 0. The first-order valence-electron chi connectivity index (χ1n) is 11.0. The summed E-state index contributed by atoms with van der Waals surface area (Å²) in [5.41, 5.74) is 2.35. The molecule has 9 nitrogen and oxygen atoms in total. The summed E-state index contributed by atoms with van der Waals surface area (Å²) < 4.78 is 11.5. The molecule has 2 saturated heterocycles. The molecule has 1 aromatic rings. The van der Waals surface area contributed by atoms with Crippen LogP contribution in [0.4, 0.5) is 5.69 Å². The number of amides is 3. The summed E-state index contributed by atoms with van der Waals surface area (Å²) in [7, 11) is 0. The Kier molecular flexibility index (Phi) is 7.16. The highest BCUT2D eigenvalue weighted by Gasteiger charge is 2.39. The number of anilines is 1. The lowest BCUT2D eigenvalue weighted by Crippen LogP contribution is -2.52. The third kappa shape index (κ3) is 5.23. The highest BCUT2D eigenvalue weighted by molar-refractivity contribution is 6.06. The SMILES string of the molecule is O=C1CCC(N2Cc3c(NCCOCCOC4CCNCC4)cccc3C2=O)C(=O)N1. The van der Waals surface area contributed by atoms with Crippen molar-refractivity contribution in [1.82, 2.24) is 15.5 Å². The van der Waals surface area contributed by atoms with Gasteiger partial charge in [-0.05, 0) is 44.5 Å². The van der Waals surface area contributed by atoms with Crippen LogP contribution in [0.25, 0.3) is 0 Å². The lowest BCUT2D eigenvalue weighted by molar-refractivity contribution is -0.136. The predicted octanol–water partition coefficient (Wildman–Crippen LogP) is 0.645. The number of nitrogens with zero attached hydrogens (tertiary/aromatic N) is 1. The molecule has 168 valence electrons. The minimum absolute atomic E-state index is 0.167. The van der Waals surface area contributed by atoms with Crippen LogP contribution in [-0.2, 0) is 25.6 Å². The number of ether oxygens (including phenoxy) is 2. The van der Waals surface area contributed by atoms with Crippen molar-refractivity contribution in [3.8, 4) is 0 Å². The maximum Gasteiger partial charge on any atom is 0.255 e. The van der Waals surface area contributed by atoms with E-state index in [9.17, 15) is 14.4 Å². The van der Waals surface area contributed by atoms with Gasteiger partial charge in [0.15, 0.2) is 0 Å². The second-order valence-electron chi connectivity index (χ2n) is 8.09. The molecule has 0 bridgehead atoms. The average molecular weight is 431 g/mol. The molecule has 0 saturated carbocycles. The lowest BCUT2D eigenvalue weighted by Gasteiger charge is -2.29. The molecule has 0 aliphatic carbocycles. The van der Waals surface area contributed by atoms with Gasteiger partial charge in [0, 0.05) is 36.3 Å². The quantitative estimate of drug-likeness (QED) is 0.390. The van der Waals surface area contributed by atoms with Crippen molar-refractivity contribution in [2.75, 3.05) is 44.8 Å². The fourth-order valence-corrected chi connectivity index (χ4v) is 4.35. The van der Waals surface area contributed by atoms with Gasteiger partial charge < -0.3 is 25.0 Å². The molecule has 31 heavy (non-hydrogen) atoms. The molecule has 1 atom stereocenters. The Morgan fingerprint density at radius 3 is 2.71 bits per heavy atom. The van der Waals surface area contributed by atoms with E-state index in [-0.39, 0.29) is 18.2 Å². The van der Waals surface area contributed by atoms with Gasteiger partial charge in [-0.25, -0.2) is 0 Å². The van der Waals surface area contributed by atoms with Crippen molar-refractivity contribution in [2.45, 2.75) is 44.4 Å². The van der Waals surface area contributed by atoms with Crippen LogP contribution in [0.3, 0.4) is 0 Å². The fourth-order valence-electron chi connectivity index (χ4n) is 4.35. The topological polar surface area (TPSA) is 109 Å². The molecule has 9 heteroatoms. The predicted molar refractivity (Wildman–Crippen MR) is 114 cm³/mol. The first-order valence-corrected chi connectivity index (χ1v) is 11.0. The Balaban J connectivity index is 1.23. The number of hydrogen-bond donors (Lipinski definition) is 3. The molecule has 2 fully saturated rings. The van der Waals surface area contributed by atoms with Crippen LogP contribution in [-0.4, -0.2) is 74.2 Å². The van der Waals surface area contributed by atoms with Crippen LogP contribution in [0.2, 0.25) is 0 Å². The van der Waals surface area contributed by atoms with Gasteiger partial charge in [0.05, 0.1) is 25.9 Å². The van der Waals surface area contributed by atoms with E-state index >= 15 is 0 Å². The van der Waals surface area contributed by atoms with Gasteiger partial charge in [0.25, 0.3) is 5.91 Å². The van der Waals surface area contributed by atoms with Crippen molar-refractivity contribution >= 4 is 23.4 Å². The van der Waals surface area contributed by atoms with Gasteiger partial charge in [0.2, 0.25) is 11.8 Å². The van der Waals surface area contributed by atoms with Crippen LogP contribution in [0.15, 0.2) is 18.2 Å². The van der Waals surface area contributed by atoms with Gasteiger partial charge >= 0.3 is 0 Å². The number of piperidine rings is 2. The summed E-state index contributed by atoms with van der Waals surface area (Å²) in [6, 6.07) is 4.94. The van der Waals surface area contributed by atoms with Crippen LogP contribution in [0.1, 0.15) is 41.6 Å². The molecule has 0 radical (unpaired) electrons. The number of benzene rings is 1. The highest BCUT2D eigenvalue weighted by atomic mass is 16.5. The Labute approximate surface area is 181 Å². The molecule has 3 N–H and O–H groups in total. The molecule has 3 amide bonds. The zero-order valence-electron chi connectivity index (χ0n) is 17.7. The van der Waals surface area contributed by atoms with E-state index in [1.165, 1.54) is 0 Å². The number of imide groups is 1. The molecule has 1 aromatic carbocycles. The molecule has 3 aliphatic rings. The van der Waals surface area contributed by atoms with Gasteiger partial charge in [-0.1, -0.05) is 6.07 Å². The second kappa shape index (κ2) is 10.2. The summed E-state index contributed by atoms with van der Waals surface area (Å²) in [5, 5.41) is 8.99. The number of hydrogen-bond acceptors (Lipinski definition) is 7. The lowest BCUT2D eigenvalue weighted by atomic mass is 10.0. The summed E-state index contributed by atoms with van der Waals surface area (Å²) in [4.78, 5) is 38.0. The first-order chi connectivity index (χ1) is 15.1. The minimum Gasteiger partial charge on any atom is -0.382 e. The number of nitrogens with one attached hydrogen (secondary N) is 3. The van der Waals surface area contributed by atoms with E-state index in [1.54, 1.807) is 11.0 Å². The maximum atomic E-state index is 12.8. The summed E-state index contributed by atoms with van der Waals surface area (Å²) in [5.74, 6) is -0.847. The van der Waals surface area contributed by atoms with Crippen molar-refractivity contribution < 1.29 is 23.9 Å². The Morgan fingerprint density at radius 1 is 1.06 bits per heavy atom.